The number of nitrogens with one attached hydrogen (secondary N) is 1. The minimum Gasteiger partial charge on any atom is -0.271 e. The largest absolute Gasteiger partial charge is 0.271 e. The van der Waals surface area contributed by atoms with E-state index in [-0.39, 0.29) is 6.54 Å². The maximum atomic E-state index is 12.0. The van der Waals surface area contributed by atoms with Gasteiger partial charge in [0.05, 0.1) is 18.2 Å². The van der Waals surface area contributed by atoms with E-state index < -0.39 is 15.9 Å². The van der Waals surface area contributed by atoms with Crippen molar-refractivity contribution in [1.29, 1.82) is 0 Å². The van der Waals surface area contributed by atoms with E-state index in [4.69, 9.17) is 11.6 Å². The molecule has 0 saturated heterocycles. The summed E-state index contributed by atoms with van der Waals surface area (Å²) in [5.74, 6) is -0.573. The second kappa shape index (κ2) is 8.46. The molecule has 0 aliphatic heterocycles. The third-order valence-electron chi connectivity index (χ3n) is 3.10. The molecule has 9 heteroatoms. The van der Waals surface area contributed by atoms with Crippen LogP contribution in [0.3, 0.4) is 0 Å². The van der Waals surface area contributed by atoms with Gasteiger partial charge in [-0.2, -0.15) is 5.10 Å². The first-order valence-corrected chi connectivity index (χ1v) is 10.1. The van der Waals surface area contributed by atoms with E-state index in [1.54, 1.807) is 48.5 Å². The zero-order chi connectivity index (χ0) is 18.4. The molecule has 2 aromatic carbocycles. The van der Waals surface area contributed by atoms with Crippen LogP contribution < -0.4 is 9.73 Å². The van der Waals surface area contributed by atoms with Crippen LogP contribution in [0.15, 0.2) is 58.1 Å². The van der Waals surface area contributed by atoms with E-state index in [2.05, 4.69) is 26.5 Å². The molecule has 0 spiro atoms. The Kier molecular flexibility index (Phi) is 6.57. The average Bonchev–Trinajstić information content (AvgIpc) is 2.54. The van der Waals surface area contributed by atoms with Gasteiger partial charge < -0.3 is 0 Å². The molecule has 0 fully saturated rings. The minimum absolute atomic E-state index is 0.385. The lowest BCUT2D eigenvalue weighted by Crippen LogP contribution is -2.39. The molecule has 0 bridgehead atoms. The summed E-state index contributed by atoms with van der Waals surface area (Å²) < 4.78 is 25.7. The zero-order valence-electron chi connectivity index (χ0n) is 13.2. The van der Waals surface area contributed by atoms with Crippen molar-refractivity contribution in [1.82, 2.24) is 5.43 Å². The predicted octanol–water partition coefficient (Wildman–Crippen LogP) is 3.02. The van der Waals surface area contributed by atoms with Gasteiger partial charge in [-0.1, -0.05) is 45.7 Å². The molecular formula is C16H15BrClN3O3S. The van der Waals surface area contributed by atoms with E-state index in [0.717, 1.165) is 15.0 Å². The SMILES string of the molecule is CS(=O)(=O)N(CC(=O)N/N=C\c1ccccc1Cl)c1ccc(Br)cc1. The highest BCUT2D eigenvalue weighted by atomic mass is 79.9. The Morgan fingerprint density at radius 3 is 2.48 bits per heavy atom. The molecule has 1 N–H and O–H groups in total. The van der Waals surface area contributed by atoms with E-state index in [1.807, 2.05) is 0 Å². The van der Waals surface area contributed by atoms with Gasteiger partial charge in [-0.3, -0.25) is 9.10 Å². The van der Waals surface area contributed by atoms with E-state index in [0.29, 0.717) is 16.3 Å². The third kappa shape index (κ3) is 5.84. The fraction of sp³-hybridized carbons (Fsp3) is 0.125. The Hall–Kier alpha value is -1.90. The molecule has 0 aliphatic carbocycles. The number of sulfonamides is 1. The Bertz CT molecular complexity index is 886. The van der Waals surface area contributed by atoms with Crippen molar-refractivity contribution < 1.29 is 13.2 Å². The van der Waals surface area contributed by atoms with Gasteiger partial charge in [0.25, 0.3) is 5.91 Å². The van der Waals surface area contributed by atoms with Crippen LogP contribution in [0.5, 0.6) is 0 Å². The molecular weight excluding hydrogens is 430 g/mol. The molecule has 2 rings (SSSR count). The van der Waals surface area contributed by atoms with Crippen molar-refractivity contribution in [2.75, 3.05) is 17.1 Å². The summed E-state index contributed by atoms with van der Waals surface area (Å²) in [7, 11) is -3.63. The quantitative estimate of drug-likeness (QED) is 0.549. The van der Waals surface area contributed by atoms with Gasteiger partial charge in [-0.25, -0.2) is 13.8 Å². The van der Waals surface area contributed by atoms with Crippen LogP contribution >= 0.6 is 27.5 Å². The molecule has 0 aliphatic rings. The number of nitrogens with zero attached hydrogens (tertiary/aromatic N) is 2. The highest BCUT2D eigenvalue weighted by molar-refractivity contribution is 9.10. The summed E-state index contributed by atoms with van der Waals surface area (Å²) >= 11 is 9.26. The van der Waals surface area contributed by atoms with Crippen molar-refractivity contribution >= 4 is 55.4 Å². The molecule has 132 valence electrons. The molecule has 6 nitrogen and oxygen atoms in total. The summed E-state index contributed by atoms with van der Waals surface area (Å²) in [4.78, 5) is 12.0. The Morgan fingerprint density at radius 1 is 1.24 bits per heavy atom. The fourth-order valence-corrected chi connectivity index (χ4v) is 3.23. The first-order valence-electron chi connectivity index (χ1n) is 7.07. The van der Waals surface area contributed by atoms with E-state index in [9.17, 15) is 13.2 Å². The van der Waals surface area contributed by atoms with Crippen LogP contribution in [0.25, 0.3) is 0 Å². The number of carbonyl (C=O) groups excluding carboxylic acids is 1. The molecule has 0 atom stereocenters. The predicted molar refractivity (Wildman–Crippen MR) is 104 cm³/mol. The molecule has 0 unspecified atom stereocenters. The number of anilines is 1. The van der Waals surface area contributed by atoms with Gasteiger partial charge in [0.2, 0.25) is 10.0 Å². The van der Waals surface area contributed by atoms with E-state index in [1.165, 1.54) is 6.21 Å². The average molecular weight is 445 g/mol. The summed E-state index contributed by atoms with van der Waals surface area (Å²) in [6, 6.07) is 13.6. The van der Waals surface area contributed by atoms with Crippen molar-refractivity contribution in [3.8, 4) is 0 Å². The number of rotatable bonds is 6. The monoisotopic (exact) mass is 443 g/mol. The van der Waals surface area contributed by atoms with E-state index >= 15 is 0 Å². The van der Waals surface area contributed by atoms with Gasteiger partial charge in [0.15, 0.2) is 0 Å². The van der Waals surface area contributed by atoms with Gasteiger partial charge in [0, 0.05) is 15.1 Å². The number of benzene rings is 2. The molecule has 0 heterocycles. The van der Waals surface area contributed by atoms with Crippen LogP contribution in [0.4, 0.5) is 5.69 Å². The first-order chi connectivity index (χ1) is 11.8. The summed E-state index contributed by atoms with van der Waals surface area (Å²) in [5.41, 5.74) is 3.32. The standard InChI is InChI=1S/C16H15BrClN3O3S/c1-25(23,24)21(14-8-6-13(17)7-9-14)11-16(22)20-19-10-12-4-2-3-5-15(12)18/h2-10H,11H2,1H3,(H,20,22)/b19-10-. The molecule has 2 aromatic rings. The van der Waals surface area contributed by atoms with Gasteiger partial charge in [-0.15, -0.1) is 0 Å². The Morgan fingerprint density at radius 2 is 1.88 bits per heavy atom. The summed E-state index contributed by atoms with van der Waals surface area (Å²) in [6.45, 7) is -0.389. The topological polar surface area (TPSA) is 78.8 Å². The molecule has 25 heavy (non-hydrogen) atoms. The lowest BCUT2D eigenvalue weighted by molar-refractivity contribution is -0.119. The number of amides is 1. The highest BCUT2D eigenvalue weighted by Crippen LogP contribution is 2.20. The van der Waals surface area contributed by atoms with Crippen molar-refractivity contribution in [3.05, 3.63) is 63.6 Å². The van der Waals surface area contributed by atoms with Gasteiger partial charge in [-0.05, 0) is 30.3 Å². The highest BCUT2D eigenvalue weighted by Gasteiger charge is 2.20. The molecule has 0 radical (unpaired) electrons. The number of hydrogen-bond acceptors (Lipinski definition) is 4. The Balaban J connectivity index is 2.07. The van der Waals surface area contributed by atoms with Crippen molar-refractivity contribution in [3.63, 3.8) is 0 Å². The Labute approximate surface area is 159 Å². The van der Waals surface area contributed by atoms with Crippen molar-refractivity contribution in [2.45, 2.75) is 0 Å². The lowest BCUT2D eigenvalue weighted by Gasteiger charge is -2.21. The molecule has 0 saturated carbocycles. The zero-order valence-corrected chi connectivity index (χ0v) is 16.3. The molecule has 0 aromatic heterocycles. The van der Waals surface area contributed by atoms with Crippen LogP contribution in [-0.4, -0.2) is 33.3 Å². The first kappa shape index (κ1) is 19.4. The number of hydrogen-bond donors (Lipinski definition) is 1. The van der Waals surface area contributed by atoms with Crippen LogP contribution in [0, 0.1) is 0 Å². The summed E-state index contributed by atoms with van der Waals surface area (Å²) in [6.07, 6.45) is 2.43. The summed E-state index contributed by atoms with van der Waals surface area (Å²) in [5, 5.41) is 4.30. The maximum absolute atomic E-state index is 12.0. The normalized spacial score (nSPS) is 11.5. The van der Waals surface area contributed by atoms with Gasteiger partial charge >= 0.3 is 0 Å². The maximum Gasteiger partial charge on any atom is 0.260 e. The fourth-order valence-electron chi connectivity index (χ4n) is 1.93. The third-order valence-corrected chi connectivity index (χ3v) is 5.11. The van der Waals surface area contributed by atoms with Crippen LogP contribution in [-0.2, 0) is 14.8 Å². The second-order valence-corrected chi connectivity index (χ2v) is 8.29. The van der Waals surface area contributed by atoms with Crippen LogP contribution in [0.2, 0.25) is 5.02 Å². The second-order valence-electron chi connectivity index (χ2n) is 5.06. The van der Waals surface area contributed by atoms with Crippen LogP contribution in [0.1, 0.15) is 5.56 Å². The number of halogens is 2. The molecule has 1 amide bonds. The van der Waals surface area contributed by atoms with Gasteiger partial charge in [0.1, 0.15) is 6.54 Å². The van der Waals surface area contributed by atoms with Crippen molar-refractivity contribution in [2.24, 2.45) is 5.10 Å². The smallest absolute Gasteiger partial charge is 0.260 e. The number of carbonyl (C=O) groups is 1. The minimum atomic E-state index is -3.63. The number of hydrazone groups is 1. The lowest BCUT2D eigenvalue weighted by atomic mass is 10.2.